The molecule has 1 aromatic carbocycles. The molecule has 2 aromatic heterocycles. The number of amides is 2. The number of methoxy groups -OCH3 is 1. The second-order valence-electron chi connectivity index (χ2n) is 5.89. The van der Waals surface area contributed by atoms with Crippen LogP contribution in [0.5, 0.6) is 5.75 Å². The molecule has 2 amide bonds. The van der Waals surface area contributed by atoms with E-state index in [9.17, 15) is 9.59 Å². The van der Waals surface area contributed by atoms with E-state index < -0.39 is 5.91 Å². The molecule has 0 atom stereocenters. The molecule has 8 nitrogen and oxygen atoms in total. The minimum Gasteiger partial charge on any atom is -0.496 e. The van der Waals surface area contributed by atoms with E-state index in [-0.39, 0.29) is 17.4 Å². The minimum absolute atomic E-state index is 0.0955. The summed E-state index contributed by atoms with van der Waals surface area (Å²) in [7, 11) is 1.63. The van der Waals surface area contributed by atoms with Gasteiger partial charge < -0.3 is 19.8 Å². The summed E-state index contributed by atoms with van der Waals surface area (Å²) in [4.78, 5) is 23.9. The third kappa shape index (κ3) is 6.08. The van der Waals surface area contributed by atoms with E-state index in [1.165, 1.54) is 18.0 Å². The summed E-state index contributed by atoms with van der Waals surface area (Å²) in [5, 5.41) is 14.0. The molecule has 9 heteroatoms. The van der Waals surface area contributed by atoms with E-state index in [2.05, 4.69) is 20.8 Å². The molecule has 0 unspecified atom stereocenters. The number of furan rings is 1. The number of hydrogen-bond donors (Lipinski definition) is 2. The Morgan fingerprint density at radius 2 is 1.97 bits per heavy atom. The Kier molecular flexibility index (Phi) is 7.23. The number of nitrogens with zero attached hydrogens (tertiary/aromatic N) is 2. The third-order valence-corrected chi connectivity index (χ3v) is 4.81. The molecule has 0 radical (unpaired) electrons. The average molecular weight is 412 g/mol. The zero-order valence-electron chi connectivity index (χ0n) is 15.8. The Morgan fingerprint density at radius 1 is 1.10 bits per heavy atom. The number of hydrogen-bond acceptors (Lipinski definition) is 7. The van der Waals surface area contributed by atoms with Crippen molar-refractivity contribution in [3.8, 4) is 5.75 Å². The first kappa shape index (κ1) is 20.4. The summed E-state index contributed by atoms with van der Waals surface area (Å²) in [5.74, 6) is 1.03. The van der Waals surface area contributed by atoms with Crippen molar-refractivity contribution < 1.29 is 18.7 Å². The van der Waals surface area contributed by atoms with Gasteiger partial charge in [0.2, 0.25) is 5.91 Å². The van der Waals surface area contributed by atoms with Crippen molar-refractivity contribution in [2.45, 2.75) is 11.4 Å². The van der Waals surface area contributed by atoms with Crippen molar-refractivity contribution in [1.29, 1.82) is 0 Å². The van der Waals surface area contributed by atoms with Crippen LogP contribution in [0.1, 0.15) is 16.1 Å². The Hall–Kier alpha value is -3.33. The molecule has 29 heavy (non-hydrogen) atoms. The topological polar surface area (TPSA) is 106 Å². The smallest absolute Gasteiger partial charge is 0.292 e. The maximum Gasteiger partial charge on any atom is 0.292 e. The van der Waals surface area contributed by atoms with E-state index in [1.54, 1.807) is 31.4 Å². The van der Waals surface area contributed by atoms with Gasteiger partial charge in [-0.15, -0.1) is 10.2 Å². The van der Waals surface area contributed by atoms with E-state index in [0.29, 0.717) is 23.8 Å². The number of carbonyl (C=O) groups is 2. The zero-order chi connectivity index (χ0) is 20.5. The number of carbonyl (C=O) groups excluding carboxylic acids is 2. The second kappa shape index (κ2) is 10.3. The summed E-state index contributed by atoms with van der Waals surface area (Å²) in [5.41, 5.74) is 1.04. The van der Waals surface area contributed by atoms with Crippen molar-refractivity contribution in [2.75, 3.05) is 24.7 Å². The van der Waals surface area contributed by atoms with E-state index in [0.717, 1.165) is 11.3 Å². The molecule has 2 heterocycles. The summed E-state index contributed by atoms with van der Waals surface area (Å²) in [6.07, 6.45) is 2.10. The highest BCUT2D eigenvalue weighted by atomic mass is 32.2. The van der Waals surface area contributed by atoms with Gasteiger partial charge in [0.05, 0.1) is 19.1 Å². The third-order valence-electron chi connectivity index (χ3n) is 3.89. The first-order valence-corrected chi connectivity index (χ1v) is 9.84. The van der Waals surface area contributed by atoms with Gasteiger partial charge in [0.15, 0.2) is 11.6 Å². The van der Waals surface area contributed by atoms with Gasteiger partial charge in [-0.3, -0.25) is 9.59 Å². The molecule has 0 bridgehead atoms. The number of benzene rings is 1. The van der Waals surface area contributed by atoms with Gasteiger partial charge in [-0.1, -0.05) is 30.0 Å². The number of ether oxygens (including phenoxy) is 1. The first-order valence-electron chi connectivity index (χ1n) is 8.85. The molecule has 2 N–H and O–H groups in total. The van der Waals surface area contributed by atoms with Crippen molar-refractivity contribution in [1.82, 2.24) is 15.5 Å². The van der Waals surface area contributed by atoms with Gasteiger partial charge in [-0.05, 0) is 42.3 Å². The molecule has 0 spiro atoms. The van der Waals surface area contributed by atoms with Crippen LogP contribution in [0.4, 0.5) is 5.82 Å². The monoisotopic (exact) mass is 412 g/mol. The Balaban J connectivity index is 1.40. The predicted octanol–water partition coefficient (Wildman–Crippen LogP) is 2.78. The highest BCUT2D eigenvalue weighted by Gasteiger charge is 2.10. The average Bonchev–Trinajstić information content (AvgIpc) is 3.29. The first-order chi connectivity index (χ1) is 14.2. The molecule has 3 aromatic rings. The second-order valence-corrected chi connectivity index (χ2v) is 6.88. The van der Waals surface area contributed by atoms with Crippen LogP contribution in [0.15, 0.2) is 64.2 Å². The van der Waals surface area contributed by atoms with Crippen LogP contribution in [0.25, 0.3) is 0 Å². The zero-order valence-corrected chi connectivity index (χ0v) is 16.6. The highest BCUT2D eigenvalue weighted by molar-refractivity contribution is 7.99. The van der Waals surface area contributed by atoms with Crippen molar-refractivity contribution in [3.63, 3.8) is 0 Å². The van der Waals surface area contributed by atoms with Crippen LogP contribution < -0.4 is 15.4 Å². The summed E-state index contributed by atoms with van der Waals surface area (Å²) in [6, 6.07) is 14.2. The summed E-state index contributed by atoms with van der Waals surface area (Å²) >= 11 is 1.27. The van der Waals surface area contributed by atoms with Crippen LogP contribution in [0, 0.1) is 0 Å². The lowest BCUT2D eigenvalue weighted by molar-refractivity contribution is -0.118. The fourth-order valence-corrected chi connectivity index (χ4v) is 3.13. The molecule has 0 fully saturated rings. The van der Waals surface area contributed by atoms with Crippen LogP contribution in [0.2, 0.25) is 0 Å². The van der Waals surface area contributed by atoms with Crippen LogP contribution in [0.3, 0.4) is 0 Å². The SMILES string of the molecule is COc1ccccc1CCNC(=O)CSc1ccc(NC(=O)c2ccco2)nn1. The Labute approximate surface area is 172 Å². The van der Waals surface area contributed by atoms with E-state index in [1.807, 2.05) is 24.3 Å². The number of anilines is 1. The fourth-order valence-electron chi connectivity index (χ4n) is 2.49. The lowest BCUT2D eigenvalue weighted by atomic mass is 10.1. The Morgan fingerprint density at radius 3 is 2.69 bits per heavy atom. The molecule has 0 aliphatic heterocycles. The van der Waals surface area contributed by atoms with Gasteiger partial charge >= 0.3 is 0 Å². The summed E-state index contributed by atoms with van der Waals surface area (Å²) < 4.78 is 10.3. The predicted molar refractivity (Wildman–Crippen MR) is 109 cm³/mol. The van der Waals surface area contributed by atoms with Crippen molar-refractivity contribution in [2.24, 2.45) is 0 Å². The Bertz CT molecular complexity index is 945. The van der Waals surface area contributed by atoms with Gasteiger partial charge in [-0.2, -0.15) is 0 Å². The summed E-state index contributed by atoms with van der Waals surface area (Å²) in [6.45, 7) is 0.517. The minimum atomic E-state index is -0.404. The molecule has 0 aliphatic rings. The molecule has 0 saturated carbocycles. The normalized spacial score (nSPS) is 10.4. The lowest BCUT2D eigenvalue weighted by Gasteiger charge is -2.09. The number of thioether (sulfide) groups is 1. The quantitative estimate of drug-likeness (QED) is 0.521. The van der Waals surface area contributed by atoms with Crippen LogP contribution in [-0.4, -0.2) is 41.4 Å². The molecular formula is C20H20N4O4S. The number of para-hydroxylation sites is 1. The number of nitrogens with one attached hydrogen (secondary N) is 2. The van der Waals surface area contributed by atoms with Gasteiger partial charge in [-0.25, -0.2) is 0 Å². The standard InChI is InChI=1S/C20H20N4O4S/c1-27-15-6-3-2-5-14(15)10-11-21-18(25)13-29-19-9-8-17(23-24-19)22-20(26)16-7-4-12-28-16/h2-9,12H,10-11,13H2,1H3,(H,21,25)(H,22,23,26). The van der Waals surface area contributed by atoms with Gasteiger partial charge in [0, 0.05) is 6.54 Å². The van der Waals surface area contributed by atoms with Gasteiger partial charge in [0.25, 0.3) is 5.91 Å². The number of aromatic nitrogens is 2. The molecular weight excluding hydrogens is 392 g/mol. The van der Waals surface area contributed by atoms with E-state index in [4.69, 9.17) is 9.15 Å². The molecule has 150 valence electrons. The fraction of sp³-hybridized carbons (Fsp3) is 0.200. The van der Waals surface area contributed by atoms with Crippen LogP contribution >= 0.6 is 11.8 Å². The maximum atomic E-state index is 12.0. The van der Waals surface area contributed by atoms with E-state index >= 15 is 0 Å². The highest BCUT2D eigenvalue weighted by Crippen LogP contribution is 2.18. The molecule has 0 aliphatic carbocycles. The molecule has 0 saturated heterocycles. The van der Waals surface area contributed by atoms with Gasteiger partial charge in [0.1, 0.15) is 10.8 Å². The van der Waals surface area contributed by atoms with Crippen LogP contribution in [-0.2, 0) is 11.2 Å². The maximum absolute atomic E-state index is 12.0. The lowest BCUT2D eigenvalue weighted by Crippen LogP contribution is -2.27. The number of rotatable bonds is 9. The van der Waals surface area contributed by atoms with Crippen molar-refractivity contribution in [3.05, 3.63) is 66.1 Å². The largest absolute Gasteiger partial charge is 0.496 e. The van der Waals surface area contributed by atoms with Crippen molar-refractivity contribution >= 4 is 29.4 Å². The molecule has 3 rings (SSSR count).